The maximum Gasteiger partial charge on any atom is 0.355 e. The van der Waals surface area contributed by atoms with Crippen LogP contribution in [0.3, 0.4) is 0 Å². The number of amides is 2. The van der Waals surface area contributed by atoms with E-state index in [0.29, 0.717) is 10.7 Å². The van der Waals surface area contributed by atoms with Crippen LogP contribution in [0.1, 0.15) is 27.2 Å². The molecule has 0 unspecified atom stereocenters. The minimum Gasteiger partial charge on any atom is -0.451 e. The zero-order chi connectivity index (χ0) is 21.8. The predicted octanol–water partition coefficient (Wildman–Crippen LogP) is 3.66. The van der Waals surface area contributed by atoms with E-state index in [4.69, 9.17) is 16.3 Å². The highest BCUT2D eigenvalue weighted by Gasteiger charge is 2.15. The van der Waals surface area contributed by atoms with Crippen LogP contribution >= 0.6 is 11.6 Å². The largest absolute Gasteiger partial charge is 0.451 e. The second-order valence-electron chi connectivity index (χ2n) is 7.04. The normalized spacial score (nSPS) is 10.7. The number of esters is 1. The summed E-state index contributed by atoms with van der Waals surface area (Å²) in [6.45, 7) is 4.97. The van der Waals surface area contributed by atoms with E-state index in [-0.39, 0.29) is 12.2 Å². The number of carbonyl (C=O) groups excluding carboxylic acids is 3. The van der Waals surface area contributed by atoms with E-state index in [2.05, 4.69) is 15.6 Å². The molecule has 0 aliphatic heterocycles. The standard InChI is InChI=1S/C22H22ClN3O4/c1-12-7-13(2)15-9-19(25-18(15)8-12)22(29)30-11-21(28)24-10-20(27)26-17-6-4-5-16(23)14(17)3/h4-9,25H,10-11H2,1-3H3,(H,24,28)(H,26,27). The lowest BCUT2D eigenvalue weighted by atomic mass is 10.1. The van der Waals surface area contributed by atoms with Crippen molar-refractivity contribution in [1.82, 2.24) is 10.3 Å². The van der Waals surface area contributed by atoms with Crippen molar-refractivity contribution in [3.63, 3.8) is 0 Å². The molecule has 3 N–H and O–H groups in total. The topological polar surface area (TPSA) is 100 Å². The van der Waals surface area contributed by atoms with Gasteiger partial charge in [0.25, 0.3) is 5.91 Å². The molecule has 2 amide bonds. The number of hydrogen-bond donors (Lipinski definition) is 3. The SMILES string of the molecule is Cc1cc(C)c2cc(C(=O)OCC(=O)NCC(=O)Nc3cccc(Cl)c3C)[nH]c2c1. The van der Waals surface area contributed by atoms with Gasteiger partial charge in [-0.2, -0.15) is 0 Å². The lowest BCUT2D eigenvalue weighted by molar-refractivity contribution is -0.126. The molecule has 0 spiro atoms. The van der Waals surface area contributed by atoms with Gasteiger partial charge in [-0.05, 0) is 61.7 Å². The summed E-state index contributed by atoms with van der Waals surface area (Å²) < 4.78 is 5.04. The van der Waals surface area contributed by atoms with Crippen molar-refractivity contribution in [2.75, 3.05) is 18.5 Å². The number of aromatic nitrogens is 1. The quantitative estimate of drug-likeness (QED) is 0.522. The van der Waals surface area contributed by atoms with Gasteiger partial charge in [-0.1, -0.05) is 23.7 Å². The number of nitrogens with one attached hydrogen (secondary N) is 3. The average Bonchev–Trinajstić information content (AvgIpc) is 3.12. The number of ether oxygens (including phenoxy) is 1. The summed E-state index contributed by atoms with van der Waals surface area (Å²) in [4.78, 5) is 39.2. The summed E-state index contributed by atoms with van der Waals surface area (Å²) in [6, 6.07) is 10.8. The number of hydrogen-bond acceptors (Lipinski definition) is 4. The summed E-state index contributed by atoms with van der Waals surface area (Å²) in [5.41, 5.74) is 4.51. The molecule has 0 aliphatic carbocycles. The first-order chi connectivity index (χ1) is 14.2. The second-order valence-corrected chi connectivity index (χ2v) is 7.45. The number of anilines is 1. The van der Waals surface area contributed by atoms with Gasteiger partial charge in [0.1, 0.15) is 5.69 Å². The number of benzene rings is 2. The maximum absolute atomic E-state index is 12.2. The van der Waals surface area contributed by atoms with Crippen LogP contribution in [0, 0.1) is 20.8 Å². The van der Waals surface area contributed by atoms with Crippen molar-refractivity contribution in [2.45, 2.75) is 20.8 Å². The second kappa shape index (κ2) is 9.00. The van der Waals surface area contributed by atoms with Gasteiger partial charge >= 0.3 is 5.97 Å². The first-order valence-electron chi connectivity index (χ1n) is 9.33. The van der Waals surface area contributed by atoms with E-state index in [1.165, 1.54) is 0 Å². The Bertz CT molecular complexity index is 1140. The number of H-pyrrole nitrogens is 1. The molecular formula is C22H22ClN3O4. The first-order valence-corrected chi connectivity index (χ1v) is 9.71. The van der Waals surface area contributed by atoms with E-state index >= 15 is 0 Å². The number of halogens is 1. The number of rotatable bonds is 6. The van der Waals surface area contributed by atoms with Crippen LogP contribution in [-0.4, -0.2) is 35.9 Å². The molecule has 3 aromatic rings. The highest BCUT2D eigenvalue weighted by molar-refractivity contribution is 6.31. The van der Waals surface area contributed by atoms with Crippen LogP contribution in [0.5, 0.6) is 0 Å². The monoisotopic (exact) mass is 427 g/mol. The fraction of sp³-hybridized carbons (Fsp3) is 0.227. The summed E-state index contributed by atoms with van der Waals surface area (Å²) in [5.74, 6) is -1.64. The first kappa shape index (κ1) is 21.4. The van der Waals surface area contributed by atoms with Crippen molar-refractivity contribution in [3.05, 3.63) is 63.8 Å². The Labute approximate surface area is 178 Å². The van der Waals surface area contributed by atoms with Crippen LogP contribution in [0.2, 0.25) is 5.02 Å². The van der Waals surface area contributed by atoms with Crippen LogP contribution in [0.25, 0.3) is 10.9 Å². The van der Waals surface area contributed by atoms with Crippen molar-refractivity contribution < 1.29 is 19.1 Å². The number of aryl methyl sites for hydroxylation is 2. The zero-order valence-corrected chi connectivity index (χ0v) is 17.6. The lowest BCUT2D eigenvalue weighted by Crippen LogP contribution is -2.35. The molecule has 0 fully saturated rings. The summed E-state index contributed by atoms with van der Waals surface area (Å²) in [7, 11) is 0. The fourth-order valence-corrected chi connectivity index (χ4v) is 3.26. The Hall–Kier alpha value is -3.32. The molecule has 1 heterocycles. The van der Waals surface area contributed by atoms with Crippen LogP contribution < -0.4 is 10.6 Å². The molecule has 8 heteroatoms. The Morgan fingerprint density at radius 3 is 2.60 bits per heavy atom. The molecule has 0 radical (unpaired) electrons. The zero-order valence-electron chi connectivity index (χ0n) is 16.9. The number of aromatic amines is 1. The van der Waals surface area contributed by atoms with E-state index in [1.807, 2.05) is 26.0 Å². The average molecular weight is 428 g/mol. The van der Waals surface area contributed by atoms with Gasteiger partial charge < -0.3 is 20.4 Å². The van der Waals surface area contributed by atoms with Gasteiger partial charge in [0, 0.05) is 21.6 Å². The highest BCUT2D eigenvalue weighted by Crippen LogP contribution is 2.23. The molecule has 0 saturated carbocycles. The molecule has 30 heavy (non-hydrogen) atoms. The minimum atomic E-state index is -0.641. The third-order valence-corrected chi connectivity index (χ3v) is 5.04. The summed E-state index contributed by atoms with van der Waals surface area (Å²) in [5, 5.41) is 6.54. The van der Waals surface area contributed by atoms with Gasteiger partial charge in [0.2, 0.25) is 5.91 Å². The van der Waals surface area contributed by atoms with Gasteiger partial charge in [-0.25, -0.2) is 4.79 Å². The smallest absolute Gasteiger partial charge is 0.355 e. The Balaban J connectivity index is 1.49. The molecule has 0 atom stereocenters. The molecule has 2 aromatic carbocycles. The van der Waals surface area contributed by atoms with Crippen LogP contribution in [0.15, 0.2) is 36.4 Å². The Morgan fingerprint density at radius 2 is 1.83 bits per heavy atom. The fourth-order valence-electron chi connectivity index (χ4n) is 3.09. The van der Waals surface area contributed by atoms with Crippen LogP contribution in [-0.2, 0) is 14.3 Å². The van der Waals surface area contributed by atoms with Crippen molar-refractivity contribution in [2.24, 2.45) is 0 Å². The van der Waals surface area contributed by atoms with Gasteiger partial charge in [-0.15, -0.1) is 0 Å². The Kier molecular flexibility index (Phi) is 6.42. The van der Waals surface area contributed by atoms with Gasteiger partial charge in [0.15, 0.2) is 6.61 Å². The minimum absolute atomic E-state index is 0.257. The third-order valence-electron chi connectivity index (χ3n) is 4.63. The molecule has 1 aromatic heterocycles. The van der Waals surface area contributed by atoms with Crippen molar-refractivity contribution >= 4 is 46.0 Å². The predicted molar refractivity (Wildman–Crippen MR) is 116 cm³/mol. The molecule has 0 bridgehead atoms. The van der Waals surface area contributed by atoms with Gasteiger partial charge in [0.05, 0.1) is 6.54 Å². The number of carbonyl (C=O) groups is 3. The third kappa shape index (κ3) is 4.99. The van der Waals surface area contributed by atoms with E-state index in [9.17, 15) is 14.4 Å². The molecular weight excluding hydrogens is 406 g/mol. The number of fused-ring (bicyclic) bond motifs is 1. The van der Waals surface area contributed by atoms with E-state index < -0.39 is 24.4 Å². The molecule has 156 valence electrons. The Morgan fingerprint density at radius 1 is 1.07 bits per heavy atom. The van der Waals surface area contributed by atoms with Crippen molar-refractivity contribution in [1.29, 1.82) is 0 Å². The van der Waals surface area contributed by atoms with Crippen molar-refractivity contribution in [3.8, 4) is 0 Å². The summed E-state index contributed by atoms with van der Waals surface area (Å²) >= 11 is 6.02. The summed E-state index contributed by atoms with van der Waals surface area (Å²) in [6.07, 6.45) is 0. The van der Waals surface area contributed by atoms with E-state index in [0.717, 1.165) is 27.6 Å². The van der Waals surface area contributed by atoms with E-state index in [1.54, 1.807) is 31.2 Å². The van der Waals surface area contributed by atoms with Crippen LogP contribution in [0.4, 0.5) is 5.69 Å². The molecule has 0 aliphatic rings. The molecule has 7 nitrogen and oxygen atoms in total. The lowest BCUT2D eigenvalue weighted by Gasteiger charge is -2.10. The highest BCUT2D eigenvalue weighted by atomic mass is 35.5. The maximum atomic E-state index is 12.2. The molecule has 0 saturated heterocycles. The molecule has 3 rings (SSSR count). The van der Waals surface area contributed by atoms with Gasteiger partial charge in [-0.3, -0.25) is 9.59 Å².